The molecule has 1 amide bonds. The standard InChI is InChI=1S/C18H22N4O5S/c1-13-3-4-15(11-14(13)2)28(26,27)21-9-7-20(8-10-21)18(25)12-22-17(24)6-5-16(23)19-22/h3-6,11H,7-10,12H2,1-2H3,(H,19,23). The van der Waals surface area contributed by atoms with E-state index in [1.807, 2.05) is 13.8 Å². The largest absolute Gasteiger partial charge is 0.338 e. The number of benzene rings is 1. The molecule has 3 rings (SSSR count). The van der Waals surface area contributed by atoms with Crippen LogP contribution in [0.5, 0.6) is 0 Å². The molecule has 1 aliphatic rings. The molecule has 10 heteroatoms. The van der Waals surface area contributed by atoms with Gasteiger partial charge in [-0.3, -0.25) is 19.5 Å². The lowest BCUT2D eigenvalue weighted by atomic mass is 10.1. The summed E-state index contributed by atoms with van der Waals surface area (Å²) in [6, 6.07) is 7.22. The summed E-state index contributed by atoms with van der Waals surface area (Å²) in [5.41, 5.74) is 0.960. The van der Waals surface area contributed by atoms with E-state index in [1.54, 1.807) is 18.2 Å². The van der Waals surface area contributed by atoms with Crippen LogP contribution in [0.15, 0.2) is 44.8 Å². The lowest BCUT2D eigenvalue weighted by Gasteiger charge is -2.34. The molecule has 28 heavy (non-hydrogen) atoms. The van der Waals surface area contributed by atoms with Gasteiger partial charge in [-0.25, -0.2) is 13.1 Å². The van der Waals surface area contributed by atoms with E-state index in [-0.39, 0.29) is 43.5 Å². The fraction of sp³-hybridized carbons (Fsp3) is 0.389. The second-order valence-electron chi connectivity index (χ2n) is 6.76. The first-order valence-electron chi connectivity index (χ1n) is 8.84. The van der Waals surface area contributed by atoms with Gasteiger partial charge in [0.2, 0.25) is 15.9 Å². The first-order valence-corrected chi connectivity index (χ1v) is 10.3. The summed E-state index contributed by atoms with van der Waals surface area (Å²) >= 11 is 0. The Bertz CT molecular complexity index is 1110. The first-order chi connectivity index (χ1) is 13.2. The van der Waals surface area contributed by atoms with E-state index in [4.69, 9.17) is 0 Å². The molecule has 1 aromatic heterocycles. The topological polar surface area (TPSA) is 113 Å². The number of aryl methyl sites for hydroxylation is 2. The summed E-state index contributed by atoms with van der Waals surface area (Å²) in [7, 11) is -3.63. The van der Waals surface area contributed by atoms with Crippen molar-refractivity contribution in [2.75, 3.05) is 26.2 Å². The van der Waals surface area contributed by atoms with Gasteiger partial charge in [0.25, 0.3) is 11.1 Å². The molecule has 0 atom stereocenters. The zero-order valence-corrected chi connectivity index (χ0v) is 16.5. The van der Waals surface area contributed by atoms with Crippen LogP contribution in [-0.4, -0.2) is 59.5 Å². The van der Waals surface area contributed by atoms with E-state index >= 15 is 0 Å². The number of nitrogens with one attached hydrogen (secondary N) is 1. The number of rotatable bonds is 4. The maximum Gasteiger partial charge on any atom is 0.265 e. The van der Waals surface area contributed by atoms with Crippen LogP contribution in [0.25, 0.3) is 0 Å². The summed E-state index contributed by atoms with van der Waals surface area (Å²) in [4.78, 5) is 37.2. The van der Waals surface area contributed by atoms with Crippen molar-refractivity contribution < 1.29 is 13.2 Å². The molecular formula is C18H22N4O5S. The van der Waals surface area contributed by atoms with Crippen molar-refractivity contribution >= 4 is 15.9 Å². The van der Waals surface area contributed by atoms with Gasteiger partial charge in [0.1, 0.15) is 6.54 Å². The number of carbonyl (C=O) groups excluding carboxylic acids is 1. The molecule has 1 aromatic carbocycles. The second-order valence-corrected chi connectivity index (χ2v) is 8.70. The number of hydrogen-bond donors (Lipinski definition) is 1. The van der Waals surface area contributed by atoms with Crippen LogP contribution in [0.1, 0.15) is 11.1 Å². The fourth-order valence-corrected chi connectivity index (χ4v) is 4.52. The van der Waals surface area contributed by atoms with E-state index in [0.29, 0.717) is 0 Å². The zero-order chi connectivity index (χ0) is 20.5. The number of sulfonamides is 1. The molecule has 0 spiro atoms. The molecule has 1 aliphatic heterocycles. The maximum atomic E-state index is 12.8. The molecule has 2 aromatic rings. The van der Waals surface area contributed by atoms with Gasteiger partial charge in [0.15, 0.2) is 0 Å². The van der Waals surface area contributed by atoms with Crippen molar-refractivity contribution in [3.05, 3.63) is 62.2 Å². The summed E-state index contributed by atoms with van der Waals surface area (Å²) in [5, 5.41) is 2.30. The van der Waals surface area contributed by atoms with Gasteiger partial charge in [-0.2, -0.15) is 4.31 Å². The molecule has 0 bridgehead atoms. The number of aromatic nitrogens is 2. The van der Waals surface area contributed by atoms with Crippen LogP contribution in [0.4, 0.5) is 0 Å². The second kappa shape index (κ2) is 7.72. The Kier molecular flexibility index (Phi) is 5.52. The Labute approximate surface area is 162 Å². The molecule has 0 radical (unpaired) electrons. The highest BCUT2D eigenvalue weighted by atomic mass is 32.2. The highest BCUT2D eigenvalue weighted by Gasteiger charge is 2.30. The average Bonchev–Trinajstić information content (AvgIpc) is 2.67. The van der Waals surface area contributed by atoms with E-state index in [9.17, 15) is 22.8 Å². The van der Waals surface area contributed by atoms with Gasteiger partial charge >= 0.3 is 0 Å². The van der Waals surface area contributed by atoms with Crippen molar-refractivity contribution in [1.82, 2.24) is 19.0 Å². The summed E-state index contributed by atoms with van der Waals surface area (Å²) in [6.45, 7) is 4.26. The molecule has 9 nitrogen and oxygen atoms in total. The Hall–Kier alpha value is -2.72. The minimum atomic E-state index is -3.63. The van der Waals surface area contributed by atoms with Gasteiger partial charge in [-0.15, -0.1) is 0 Å². The molecule has 2 heterocycles. The molecule has 0 unspecified atom stereocenters. The number of piperazine rings is 1. The van der Waals surface area contributed by atoms with Crippen LogP contribution >= 0.6 is 0 Å². The van der Waals surface area contributed by atoms with Crippen LogP contribution in [-0.2, 0) is 21.4 Å². The van der Waals surface area contributed by atoms with Crippen LogP contribution in [0, 0.1) is 13.8 Å². The van der Waals surface area contributed by atoms with Crippen molar-refractivity contribution in [2.45, 2.75) is 25.3 Å². The summed E-state index contributed by atoms with van der Waals surface area (Å²) in [6.07, 6.45) is 0. The predicted molar refractivity (Wildman–Crippen MR) is 103 cm³/mol. The van der Waals surface area contributed by atoms with Crippen LogP contribution < -0.4 is 11.1 Å². The monoisotopic (exact) mass is 406 g/mol. The van der Waals surface area contributed by atoms with Gasteiger partial charge in [-0.05, 0) is 37.1 Å². The lowest BCUT2D eigenvalue weighted by Crippen LogP contribution is -2.51. The highest BCUT2D eigenvalue weighted by Crippen LogP contribution is 2.20. The molecule has 0 saturated carbocycles. The Morgan fingerprint density at radius 1 is 1.00 bits per heavy atom. The lowest BCUT2D eigenvalue weighted by molar-refractivity contribution is -0.133. The zero-order valence-electron chi connectivity index (χ0n) is 15.7. The maximum absolute atomic E-state index is 12.8. The highest BCUT2D eigenvalue weighted by molar-refractivity contribution is 7.89. The van der Waals surface area contributed by atoms with Gasteiger partial charge < -0.3 is 4.90 Å². The van der Waals surface area contributed by atoms with E-state index in [0.717, 1.165) is 27.9 Å². The summed E-state index contributed by atoms with van der Waals surface area (Å²) < 4.78 is 28.0. The van der Waals surface area contributed by atoms with Crippen molar-refractivity contribution in [3.63, 3.8) is 0 Å². The van der Waals surface area contributed by atoms with Crippen molar-refractivity contribution in [2.24, 2.45) is 0 Å². The summed E-state index contributed by atoms with van der Waals surface area (Å²) in [5.74, 6) is -0.354. The van der Waals surface area contributed by atoms with Crippen molar-refractivity contribution in [3.8, 4) is 0 Å². The number of nitrogens with zero attached hydrogens (tertiary/aromatic N) is 3. The van der Waals surface area contributed by atoms with Crippen LogP contribution in [0.2, 0.25) is 0 Å². The Balaban J connectivity index is 1.67. The third kappa shape index (κ3) is 4.07. The molecule has 1 N–H and O–H groups in total. The van der Waals surface area contributed by atoms with E-state index in [1.165, 1.54) is 9.21 Å². The minimum absolute atomic E-state index is 0.168. The molecule has 0 aliphatic carbocycles. The number of amides is 1. The van der Waals surface area contributed by atoms with Gasteiger partial charge in [-0.1, -0.05) is 6.07 Å². The number of H-pyrrole nitrogens is 1. The van der Waals surface area contributed by atoms with Crippen molar-refractivity contribution in [1.29, 1.82) is 0 Å². The molecule has 1 saturated heterocycles. The van der Waals surface area contributed by atoms with Crippen LogP contribution in [0.3, 0.4) is 0 Å². The van der Waals surface area contributed by atoms with Gasteiger partial charge in [0, 0.05) is 38.3 Å². The number of aromatic amines is 1. The fourth-order valence-electron chi connectivity index (χ4n) is 3.02. The van der Waals surface area contributed by atoms with E-state index in [2.05, 4.69) is 5.10 Å². The molecular weight excluding hydrogens is 384 g/mol. The third-order valence-corrected chi connectivity index (χ3v) is 6.78. The normalized spacial score (nSPS) is 15.6. The molecule has 1 fully saturated rings. The number of hydrogen-bond acceptors (Lipinski definition) is 5. The Morgan fingerprint density at radius 3 is 2.32 bits per heavy atom. The Morgan fingerprint density at radius 2 is 1.68 bits per heavy atom. The smallest absolute Gasteiger partial charge is 0.265 e. The third-order valence-electron chi connectivity index (χ3n) is 4.89. The number of carbonyl (C=O) groups is 1. The minimum Gasteiger partial charge on any atom is -0.338 e. The average molecular weight is 406 g/mol. The van der Waals surface area contributed by atoms with Gasteiger partial charge in [0.05, 0.1) is 4.90 Å². The first kappa shape index (κ1) is 20.0. The predicted octanol–water partition coefficient (Wildman–Crippen LogP) is -0.313. The van der Waals surface area contributed by atoms with E-state index < -0.39 is 21.1 Å². The quantitative estimate of drug-likeness (QED) is 0.748. The molecule has 150 valence electrons. The SMILES string of the molecule is Cc1ccc(S(=O)(=O)N2CCN(C(=O)Cn3[nH]c(=O)ccc3=O)CC2)cc1C.